The van der Waals surface area contributed by atoms with Crippen LogP contribution in [0.15, 0.2) is 0 Å². The molecule has 0 fully saturated rings. The third kappa shape index (κ3) is 2.42. The van der Waals surface area contributed by atoms with Gasteiger partial charge in [0.2, 0.25) is 9.05 Å². The van der Waals surface area contributed by atoms with E-state index in [2.05, 4.69) is 15.5 Å². The Bertz CT molecular complexity index is 359. The van der Waals surface area contributed by atoms with Gasteiger partial charge in [0.15, 0.2) is 5.82 Å². The summed E-state index contributed by atoms with van der Waals surface area (Å²) in [7, 11) is 1.45. The summed E-state index contributed by atoms with van der Waals surface area (Å²) in [5.74, 6) is -0.0810. The predicted octanol–water partition coefficient (Wildman–Crippen LogP) is -0.238. The molecule has 0 N–H and O–H groups in total. The SMILES string of the molecule is CCn1nnnc1CS(=O)(=O)Cl. The van der Waals surface area contributed by atoms with Crippen LogP contribution in [-0.2, 0) is 21.3 Å². The molecule has 68 valence electrons. The van der Waals surface area contributed by atoms with E-state index in [0.29, 0.717) is 6.54 Å². The number of aryl methyl sites for hydroxylation is 1. The van der Waals surface area contributed by atoms with Gasteiger partial charge in [0.05, 0.1) is 0 Å². The number of tetrazole rings is 1. The van der Waals surface area contributed by atoms with Crippen molar-refractivity contribution < 1.29 is 8.42 Å². The van der Waals surface area contributed by atoms with Crippen molar-refractivity contribution >= 4 is 19.7 Å². The van der Waals surface area contributed by atoms with E-state index < -0.39 is 9.05 Å². The molecule has 0 saturated carbocycles. The van der Waals surface area contributed by atoms with Crippen molar-refractivity contribution in [2.45, 2.75) is 19.2 Å². The number of nitrogens with zero attached hydrogens (tertiary/aromatic N) is 4. The lowest BCUT2D eigenvalue weighted by Gasteiger charge is -1.96. The van der Waals surface area contributed by atoms with Crippen LogP contribution in [0.25, 0.3) is 0 Å². The second-order valence-electron chi connectivity index (χ2n) is 2.09. The van der Waals surface area contributed by atoms with Crippen LogP contribution >= 0.6 is 10.7 Å². The minimum absolute atomic E-state index is 0.257. The molecular weight excluding hydrogens is 204 g/mol. The van der Waals surface area contributed by atoms with Gasteiger partial charge in [-0.15, -0.1) is 5.10 Å². The molecule has 0 saturated heterocycles. The highest BCUT2D eigenvalue weighted by Crippen LogP contribution is 2.05. The Kier molecular flexibility index (Phi) is 2.63. The summed E-state index contributed by atoms with van der Waals surface area (Å²) in [4.78, 5) is 0. The molecule has 0 unspecified atom stereocenters. The summed E-state index contributed by atoms with van der Waals surface area (Å²) in [6, 6.07) is 0. The second-order valence-corrected chi connectivity index (χ2v) is 4.87. The molecule has 0 amide bonds. The molecule has 0 bridgehead atoms. The zero-order valence-corrected chi connectivity index (χ0v) is 7.88. The van der Waals surface area contributed by atoms with Gasteiger partial charge < -0.3 is 0 Å². The monoisotopic (exact) mass is 210 g/mol. The highest BCUT2D eigenvalue weighted by Gasteiger charge is 2.13. The Morgan fingerprint density at radius 1 is 1.58 bits per heavy atom. The standard InChI is InChI=1S/C4H7ClN4O2S/c1-2-9-4(6-7-8-9)3-12(5,10)11/h2-3H2,1H3. The maximum absolute atomic E-state index is 10.6. The van der Waals surface area contributed by atoms with Gasteiger partial charge in [-0.1, -0.05) is 0 Å². The van der Waals surface area contributed by atoms with Crippen LogP contribution in [0.3, 0.4) is 0 Å². The molecule has 1 aromatic rings. The van der Waals surface area contributed by atoms with Gasteiger partial charge in [-0.2, -0.15) is 0 Å². The van der Waals surface area contributed by atoms with Gasteiger partial charge in [-0.3, -0.25) is 0 Å². The molecule has 0 spiro atoms. The van der Waals surface area contributed by atoms with Gasteiger partial charge in [-0.25, -0.2) is 13.1 Å². The van der Waals surface area contributed by atoms with Crippen molar-refractivity contribution in [3.05, 3.63) is 5.82 Å². The second kappa shape index (κ2) is 3.36. The third-order valence-corrected chi connectivity index (χ3v) is 2.14. The average molecular weight is 211 g/mol. The fourth-order valence-electron chi connectivity index (χ4n) is 0.726. The van der Waals surface area contributed by atoms with Gasteiger partial charge in [-0.05, 0) is 17.4 Å². The summed E-state index contributed by atoms with van der Waals surface area (Å²) < 4.78 is 22.6. The Hall–Kier alpha value is -0.690. The maximum atomic E-state index is 10.6. The van der Waals surface area contributed by atoms with Gasteiger partial charge >= 0.3 is 0 Å². The Morgan fingerprint density at radius 3 is 2.75 bits per heavy atom. The molecule has 1 aromatic heterocycles. The molecule has 0 aliphatic heterocycles. The minimum atomic E-state index is -3.57. The lowest BCUT2D eigenvalue weighted by Crippen LogP contribution is -2.06. The first-order valence-corrected chi connectivity index (χ1v) is 5.68. The smallest absolute Gasteiger partial charge is 0.229 e. The number of aromatic nitrogens is 4. The van der Waals surface area contributed by atoms with Crippen molar-refractivity contribution in [1.29, 1.82) is 0 Å². The molecule has 12 heavy (non-hydrogen) atoms. The average Bonchev–Trinajstić information content (AvgIpc) is 2.31. The Labute approximate surface area is 73.9 Å². The van der Waals surface area contributed by atoms with Crippen LogP contribution in [0.5, 0.6) is 0 Å². The molecule has 0 aliphatic carbocycles. The lowest BCUT2D eigenvalue weighted by atomic mass is 10.6. The maximum Gasteiger partial charge on any atom is 0.239 e. The molecule has 1 rings (SSSR count). The van der Waals surface area contributed by atoms with E-state index in [1.165, 1.54) is 4.68 Å². The molecule has 8 heteroatoms. The van der Waals surface area contributed by atoms with E-state index in [1.54, 1.807) is 6.92 Å². The summed E-state index contributed by atoms with van der Waals surface area (Å²) in [5.41, 5.74) is 0. The number of hydrogen-bond donors (Lipinski definition) is 0. The molecular formula is C4H7ClN4O2S. The first-order valence-electron chi connectivity index (χ1n) is 3.20. The highest BCUT2D eigenvalue weighted by molar-refractivity contribution is 8.13. The van der Waals surface area contributed by atoms with Crippen molar-refractivity contribution in [1.82, 2.24) is 20.2 Å². The van der Waals surface area contributed by atoms with Crippen LogP contribution in [-0.4, -0.2) is 28.6 Å². The topological polar surface area (TPSA) is 77.7 Å². The number of rotatable bonds is 3. The molecule has 0 aromatic carbocycles. The van der Waals surface area contributed by atoms with Crippen LogP contribution < -0.4 is 0 Å². The van der Waals surface area contributed by atoms with Crippen LogP contribution in [0.4, 0.5) is 0 Å². The number of halogens is 1. The van der Waals surface area contributed by atoms with Gasteiger partial charge in [0, 0.05) is 17.2 Å². The molecule has 6 nitrogen and oxygen atoms in total. The van der Waals surface area contributed by atoms with Gasteiger partial charge in [0.25, 0.3) is 0 Å². The normalized spacial score (nSPS) is 11.8. The van der Waals surface area contributed by atoms with E-state index in [-0.39, 0.29) is 11.6 Å². The Morgan fingerprint density at radius 2 is 2.25 bits per heavy atom. The van der Waals surface area contributed by atoms with Gasteiger partial charge in [0.1, 0.15) is 5.75 Å². The molecule has 1 heterocycles. The third-order valence-electron chi connectivity index (χ3n) is 1.21. The zero-order valence-electron chi connectivity index (χ0n) is 6.31. The summed E-state index contributed by atoms with van der Waals surface area (Å²) in [6.07, 6.45) is 0. The zero-order chi connectivity index (χ0) is 9.19. The summed E-state index contributed by atoms with van der Waals surface area (Å²) >= 11 is 0. The van der Waals surface area contributed by atoms with Crippen molar-refractivity contribution in [2.75, 3.05) is 0 Å². The summed E-state index contributed by atoms with van der Waals surface area (Å²) in [5, 5.41) is 10.4. The first kappa shape index (κ1) is 9.40. The predicted molar refractivity (Wildman–Crippen MR) is 42.0 cm³/mol. The van der Waals surface area contributed by atoms with Crippen molar-refractivity contribution in [2.24, 2.45) is 0 Å². The summed E-state index contributed by atoms with van der Waals surface area (Å²) in [6.45, 7) is 2.33. The van der Waals surface area contributed by atoms with Crippen LogP contribution in [0.2, 0.25) is 0 Å². The van der Waals surface area contributed by atoms with E-state index >= 15 is 0 Å². The lowest BCUT2D eigenvalue weighted by molar-refractivity contribution is 0.590. The van der Waals surface area contributed by atoms with Crippen molar-refractivity contribution in [3.63, 3.8) is 0 Å². The largest absolute Gasteiger partial charge is 0.239 e. The van der Waals surface area contributed by atoms with E-state index in [0.717, 1.165) is 0 Å². The number of hydrogen-bond acceptors (Lipinski definition) is 5. The van der Waals surface area contributed by atoms with Crippen molar-refractivity contribution in [3.8, 4) is 0 Å². The van der Waals surface area contributed by atoms with Crippen LogP contribution in [0.1, 0.15) is 12.7 Å². The first-order chi connectivity index (χ1) is 5.53. The Balaban J connectivity index is 2.89. The minimum Gasteiger partial charge on any atom is -0.229 e. The quantitative estimate of drug-likeness (QED) is 0.644. The van der Waals surface area contributed by atoms with Crippen LogP contribution in [0, 0.1) is 0 Å². The highest BCUT2D eigenvalue weighted by atomic mass is 35.7. The van der Waals surface area contributed by atoms with E-state index in [1.807, 2.05) is 0 Å². The molecule has 0 atom stereocenters. The fraction of sp³-hybridized carbons (Fsp3) is 0.750. The fourth-order valence-corrected chi connectivity index (χ4v) is 1.53. The molecule has 0 radical (unpaired) electrons. The van der Waals surface area contributed by atoms with E-state index in [9.17, 15) is 8.42 Å². The molecule has 0 aliphatic rings. The van der Waals surface area contributed by atoms with E-state index in [4.69, 9.17) is 10.7 Å².